The molecule has 1 aliphatic heterocycles. The zero-order valence-corrected chi connectivity index (χ0v) is 21.2. The van der Waals surface area contributed by atoms with Crippen LogP contribution >= 0.6 is 23.2 Å². The van der Waals surface area contributed by atoms with Crippen molar-refractivity contribution in [1.82, 2.24) is 15.2 Å². The van der Waals surface area contributed by atoms with Crippen molar-refractivity contribution in [3.8, 4) is 16.9 Å². The Labute approximate surface area is 218 Å². The molecule has 1 aliphatic rings. The molecule has 2 heterocycles. The molecular formula is C26H25Cl2FN4O3. The van der Waals surface area contributed by atoms with Crippen LogP contribution in [-0.4, -0.2) is 40.8 Å². The van der Waals surface area contributed by atoms with Gasteiger partial charge < -0.3 is 20.7 Å². The SMILES string of the molecule is CC(=O)NC1CCN(C(=O)c2ccc(-c3cnc(N)c(OC(C)c4c(Cl)ccc(F)c4Cl)c3)cc2)C1. The van der Waals surface area contributed by atoms with Crippen molar-refractivity contribution < 1.29 is 18.7 Å². The number of carbonyl (C=O) groups is 2. The molecule has 7 nitrogen and oxygen atoms in total. The summed E-state index contributed by atoms with van der Waals surface area (Å²) in [6.07, 6.45) is 1.64. The molecule has 10 heteroatoms. The van der Waals surface area contributed by atoms with E-state index in [1.807, 2.05) is 12.1 Å². The fraction of sp³-hybridized carbons (Fsp3) is 0.269. The Morgan fingerprint density at radius 3 is 2.61 bits per heavy atom. The van der Waals surface area contributed by atoms with Gasteiger partial charge in [-0.15, -0.1) is 0 Å². The lowest BCUT2D eigenvalue weighted by molar-refractivity contribution is -0.119. The Morgan fingerprint density at radius 1 is 1.19 bits per heavy atom. The van der Waals surface area contributed by atoms with Gasteiger partial charge in [-0.1, -0.05) is 35.3 Å². The Bertz CT molecular complexity index is 1300. The summed E-state index contributed by atoms with van der Waals surface area (Å²) in [5.74, 6) is -0.343. The molecule has 0 spiro atoms. The molecule has 1 saturated heterocycles. The molecule has 0 saturated carbocycles. The lowest BCUT2D eigenvalue weighted by atomic mass is 10.0. The summed E-state index contributed by atoms with van der Waals surface area (Å²) in [4.78, 5) is 30.1. The van der Waals surface area contributed by atoms with Crippen molar-refractivity contribution in [2.75, 3.05) is 18.8 Å². The van der Waals surface area contributed by atoms with E-state index in [1.54, 1.807) is 36.2 Å². The summed E-state index contributed by atoms with van der Waals surface area (Å²) in [7, 11) is 0. The topological polar surface area (TPSA) is 97.6 Å². The molecule has 3 N–H and O–H groups in total. The summed E-state index contributed by atoms with van der Waals surface area (Å²) < 4.78 is 19.9. The van der Waals surface area contributed by atoms with Crippen LogP contribution in [0.25, 0.3) is 11.1 Å². The first-order valence-electron chi connectivity index (χ1n) is 11.4. The molecular weight excluding hydrogens is 506 g/mol. The number of halogens is 3. The summed E-state index contributed by atoms with van der Waals surface area (Å²) in [6.45, 7) is 4.23. The van der Waals surface area contributed by atoms with Gasteiger partial charge in [0.05, 0.1) is 5.02 Å². The zero-order valence-electron chi connectivity index (χ0n) is 19.7. The van der Waals surface area contributed by atoms with Crippen LogP contribution in [0.1, 0.15) is 42.3 Å². The Balaban J connectivity index is 1.50. The predicted octanol–water partition coefficient (Wildman–Crippen LogP) is 5.27. The van der Waals surface area contributed by atoms with E-state index in [2.05, 4.69) is 10.3 Å². The minimum atomic E-state index is -0.693. The largest absolute Gasteiger partial charge is 0.482 e. The number of hydrogen-bond acceptors (Lipinski definition) is 5. The summed E-state index contributed by atoms with van der Waals surface area (Å²) in [6, 6.07) is 11.4. The van der Waals surface area contributed by atoms with Gasteiger partial charge in [-0.2, -0.15) is 0 Å². The van der Waals surface area contributed by atoms with Crippen molar-refractivity contribution in [2.45, 2.75) is 32.4 Å². The number of hydrogen-bond donors (Lipinski definition) is 2. The monoisotopic (exact) mass is 530 g/mol. The first kappa shape index (κ1) is 25.7. The zero-order chi connectivity index (χ0) is 26.0. The van der Waals surface area contributed by atoms with Crippen LogP contribution in [0, 0.1) is 5.82 Å². The summed E-state index contributed by atoms with van der Waals surface area (Å²) in [5.41, 5.74) is 8.40. The van der Waals surface area contributed by atoms with Gasteiger partial charge in [0.15, 0.2) is 11.6 Å². The highest BCUT2D eigenvalue weighted by Gasteiger charge is 2.27. The van der Waals surface area contributed by atoms with E-state index in [1.165, 1.54) is 19.1 Å². The third-order valence-corrected chi connectivity index (χ3v) is 6.73. The second kappa shape index (κ2) is 10.7. The van der Waals surface area contributed by atoms with Crippen LogP contribution in [0.15, 0.2) is 48.7 Å². The summed E-state index contributed by atoms with van der Waals surface area (Å²) in [5, 5.41) is 3.02. The minimum absolute atomic E-state index is 0.0236. The fourth-order valence-corrected chi connectivity index (χ4v) is 4.89. The van der Waals surface area contributed by atoms with Gasteiger partial charge in [-0.05, 0) is 49.2 Å². The van der Waals surface area contributed by atoms with E-state index >= 15 is 0 Å². The van der Waals surface area contributed by atoms with E-state index < -0.39 is 11.9 Å². The van der Waals surface area contributed by atoms with Gasteiger partial charge >= 0.3 is 0 Å². The molecule has 36 heavy (non-hydrogen) atoms. The number of nitrogens with zero attached hydrogens (tertiary/aromatic N) is 2. The quantitative estimate of drug-likeness (QED) is 0.423. The number of pyridine rings is 1. The Hall–Kier alpha value is -3.36. The molecule has 188 valence electrons. The van der Waals surface area contributed by atoms with Crippen LogP contribution in [0.3, 0.4) is 0 Å². The van der Waals surface area contributed by atoms with Crippen LogP contribution in [0.2, 0.25) is 10.0 Å². The molecule has 1 fully saturated rings. The Morgan fingerprint density at radius 2 is 1.92 bits per heavy atom. The van der Waals surface area contributed by atoms with Crippen molar-refractivity contribution in [2.24, 2.45) is 0 Å². The third-order valence-electron chi connectivity index (χ3n) is 6.02. The molecule has 2 unspecified atom stereocenters. The second-order valence-corrected chi connectivity index (χ2v) is 9.42. The predicted molar refractivity (Wildman–Crippen MR) is 138 cm³/mol. The molecule has 4 rings (SSSR count). The molecule has 0 aliphatic carbocycles. The average Bonchev–Trinajstić information content (AvgIpc) is 3.30. The highest BCUT2D eigenvalue weighted by molar-refractivity contribution is 6.36. The number of anilines is 1. The minimum Gasteiger partial charge on any atom is -0.482 e. The highest BCUT2D eigenvalue weighted by Crippen LogP contribution is 2.37. The van der Waals surface area contributed by atoms with Crippen molar-refractivity contribution in [3.63, 3.8) is 0 Å². The lowest BCUT2D eigenvalue weighted by Gasteiger charge is -2.19. The van der Waals surface area contributed by atoms with Crippen LogP contribution in [-0.2, 0) is 4.79 Å². The number of nitrogens with one attached hydrogen (secondary N) is 1. The van der Waals surface area contributed by atoms with E-state index in [0.29, 0.717) is 29.8 Å². The number of nitrogen functional groups attached to an aromatic ring is 1. The summed E-state index contributed by atoms with van der Waals surface area (Å²) >= 11 is 12.3. The van der Waals surface area contributed by atoms with Crippen molar-refractivity contribution >= 4 is 40.8 Å². The van der Waals surface area contributed by atoms with Gasteiger partial charge in [-0.25, -0.2) is 9.37 Å². The Kier molecular flexibility index (Phi) is 7.66. The average molecular weight is 531 g/mol. The van der Waals surface area contributed by atoms with Gasteiger partial charge in [0, 0.05) is 54.0 Å². The number of nitrogens with two attached hydrogens (primary N) is 1. The normalized spacial score (nSPS) is 16.0. The molecule has 0 bridgehead atoms. The number of amides is 2. The van der Waals surface area contributed by atoms with Crippen LogP contribution in [0.4, 0.5) is 10.2 Å². The fourth-order valence-electron chi connectivity index (χ4n) is 4.21. The van der Waals surface area contributed by atoms with Crippen molar-refractivity contribution in [1.29, 1.82) is 0 Å². The van der Waals surface area contributed by atoms with E-state index in [-0.39, 0.29) is 39.5 Å². The van der Waals surface area contributed by atoms with Crippen LogP contribution < -0.4 is 15.8 Å². The van der Waals surface area contributed by atoms with E-state index in [9.17, 15) is 14.0 Å². The number of ether oxygens (including phenoxy) is 1. The van der Waals surface area contributed by atoms with Gasteiger partial charge in [0.1, 0.15) is 11.9 Å². The smallest absolute Gasteiger partial charge is 0.253 e. The second-order valence-electron chi connectivity index (χ2n) is 8.64. The number of rotatable bonds is 6. The lowest BCUT2D eigenvalue weighted by Crippen LogP contribution is -2.37. The first-order chi connectivity index (χ1) is 17.1. The first-order valence-corrected chi connectivity index (χ1v) is 12.1. The maximum atomic E-state index is 14.0. The number of aromatic nitrogens is 1. The highest BCUT2D eigenvalue weighted by atomic mass is 35.5. The van der Waals surface area contributed by atoms with Gasteiger partial charge in [-0.3, -0.25) is 9.59 Å². The molecule has 0 radical (unpaired) electrons. The number of carbonyl (C=O) groups excluding carboxylic acids is 2. The molecule has 2 amide bonds. The van der Waals surface area contributed by atoms with E-state index in [4.69, 9.17) is 33.7 Å². The standard InChI is InChI=1S/C26H25Cl2FN4O3/c1-14(23-20(27)7-8-21(29)24(23)28)36-22-11-18(12-31-25(22)30)16-3-5-17(6-4-16)26(35)33-10-9-19(13-33)32-15(2)34/h3-8,11-12,14,19H,9-10,13H2,1-2H3,(H2,30,31)(H,32,34). The van der Waals surface area contributed by atoms with E-state index in [0.717, 1.165) is 12.0 Å². The van der Waals surface area contributed by atoms with Gasteiger partial charge in [0.2, 0.25) is 5.91 Å². The number of likely N-dealkylation sites (tertiary alicyclic amines) is 1. The molecule has 3 aromatic rings. The third kappa shape index (κ3) is 5.55. The van der Waals surface area contributed by atoms with Crippen molar-refractivity contribution in [3.05, 3.63) is 75.7 Å². The molecule has 2 atom stereocenters. The molecule has 2 aromatic carbocycles. The number of benzene rings is 2. The maximum Gasteiger partial charge on any atom is 0.253 e. The molecule has 1 aromatic heterocycles. The maximum absolute atomic E-state index is 14.0. The van der Waals surface area contributed by atoms with Crippen LogP contribution in [0.5, 0.6) is 5.75 Å². The van der Waals surface area contributed by atoms with Gasteiger partial charge in [0.25, 0.3) is 5.91 Å².